The second kappa shape index (κ2) is 5.23. The number of β-amino-alcohol motifs (C(OH)–C–C–N with tert-alkyl or cyclic N) is 1. The van der Waals surface area contributed by atoms with Gasteiger partial charge in [-0.25, -0.2) is 0 Å². The lowest BCUT2D eigenvalue weighted by molar-refractivity contribution is -0.146. The molecule has 1 aliphatic heterocycles. The zero-order valence-electron chi connectivity index (χ0n) is 9.24. The van der Waals surface area contributed by atoms with Crippen LogP contribution in [0.2, 0.25) is 0 Å². The molecule has 1 saturated heterocycles. The van der Waals surface area contributed by atoms with Gasteiger partial charge in [0.15, 0.2) is 0 Å². The lowest BCUT2D eigenvalue weighted by Gasteiger charge is -2.43. The summed E-state index contributed by atoms with van der Waals surface area (Å²) >= 11 is 0. The van der Waals surface area contributed by atoms with E-state index >= 15 is 0 Å². The third-order valence-corrected chi connectivity index (χ3v) is 2.82. The fourth-order valence-electron chi connectivity index (χ4n) is 2.06. The van der Waals surface area contributed by atoms with Crippen LogP contribution in [-0.2, 0) is 0 Å². The summed E-state index contributed by atoms with van der Waals surface area (Å²) in [7, 11) is 0. The van der Waals surface area contributed by atoms with E-state index in [-0.39, 0.29) is 6.61 Å². The molecule has 0 amide bonds. The van der Waals surface area contributed by atoms with E-state index in [0.29, 0.717) is 19.0 Å². The van der Waals surface area contributed by atoms with Crippen LogP contribution >= 0.6 is 0 Å². The first-order valence-corrected chi connectivity index (χ1v) is 5.36. The van der Waals surface area contributed by atoms with Gasteiger partial charge < -0.3 is 20.4 Å². The molecule has 5 nitrogen and oxygen atoms in total. The number of hydrogen-bond donors (Lipinski definition) is 4. The maximum absolute atomic E-state index is 9.68. The van der Waals surface area contributed by atoms with Crippen molar-refractivity contribution in [3.05, 3.63) is 0 Å². The molecular weight excluding hydrogens is 198 g/mol. The third-order valence-electron chi connectivity index (χ3n) is 2.82. The van der Waals surface area contributed by atoms with Gasteiger partial charge in [-0.15, -0.1) is 0 Å². The lowest BCUT2D eigenvalue weighted by atomic mass is 9.93. The van der Waals surface area contributed by atoms with Crippen LogP contribution in [0.4, 0.5) is 0 Å². The van der Waals surface area contributed by atoms with Crippen molar-refractivity contribution in [2.45, 2.75) is 38.2 Å². The fourth-order valence-corrected chi connectivity index (χ4v) is 2.06. The van der Waals surface area contributed by atoms with Crippen molar-refractivity contribution in [3.8, 4) is 0 Å². The minimum absolute atomic E-state index is 0.211. The molecule has 0 radical (unpaired) electrons. The molecule has 0 aromatic heterocycles. The zero-order valence-corrected chi connectivity index (χ0v) is 9.24. The van der Waals surface area contributed by atoms with Crippen LogP contribution in [-0.4, -0.2) is 69.4 Å². The summed E-state index contributed by atoms with van der Waals surface area (Å²) in [6.07, 6.45) is -3.19. The molecule has 1 fully saturated rings. The standard InChI is InChI=1S/C10H21NO4/c1-6(2)3-11-4-8(13)10(15)9(14)7(11)5-12/h6-10,12-15H,3-5H2,1-2H3. The van der Waals surface area contributed by atoms with Gasteiger partial charge in [0.25, 0.3) is 0 Å². The molecule has 0 saturated carbocycles. The summed E-state index contributed by atoms with van der Waals surface area (Å²) < 4.78 is 0. The summed E-state index contributed by atoms with van der Waals surface area (Å²) in [5, 5.41) is 37.8. The molecular formula is C10H21NO4. The Balaban J connectivity index is 2.68. The van der Waals surface area contributed by atoms with Crippen LogP contribution in [0.3, 0.4) is 0 Å². The first-order valence-electron chi connectivity index (χ1n) is 5.36. The number of aliphatic hydroxyl groups excluding tert-OH is 4. The molecule has 4 N–H and O–H groups in total. The molecule has 0 aromatic carbocycles. The number of piperidine rings is 1. The highest BCUT2D eigenvalue weighted by Crippen LogP contribution is 2.19. The summed E-state index contributed by atoms with van der Waals surface area (Å²) in [4.78, 5) is 1.83. The van der Waals surface area contributed by atoms with Crippen LogP contribution in [0.1, 0.15) is 13.8 Å². The lowest BCUT2D eigenvalue weighted by Crippen LogP contribution is -2.62. The first-order chi connectivity index (χ1) is 6.97. The van der Waals surface area contributed by atoms with E-state index in [1.807, 2.05) is 18.7 Å². The molecule has 4 atom stereocenters. The Morgan fingerprint density at radius 3 is 2.27 bits per heavy atom. The predicted octanol–water partition coefficient (Wildman–Crippen LogP) is -1.60. The SMILES string of the molecule is CC(C)CN1CC(O)C(O)C(O)C1CO. The Morgan fingerprint density at radius 1 is 1.20 bits per heavy atom. The average molecular weight is 219 g/mol. The van der Waals surface area contributed by atoms with Crippen molar-refractivity contribution in [2.24, 2.45) is 5.92 Å². The number of nitrogens with zero attached hydrogens (tertiary/aromatic N) is 1. The fraction of sp³-hybridized carbons (Fsp3) is 1.00. The van der Waals surface area contributed by atoms with E-state index in [9.17, 15) is 15.3 Å². The van der Waals surface area contributed by atoms with E-state index in [4.69, 9.17) is 5.11 Å². The number of likely N-dealkylation sites (tertiary alicyclic amines) is 1. The van der Waals surface area contributed by atoms with Gasteiger partial charge in [0.2, 0.25) is 0 Å². The zero-order chi connectivity index (χ0) is 11.6. The van der Waals surface area contributed by atoms with Gasteiger partial charge in [0, 0.05) is 13.1 Å². The molecule has 5 heteroatoms. The number of rotatable bonds is 3. The Kier molecular flexibility index (Phi) is 4.48. The summed E-state index contributed by atoms with van der Waals surface area (Å²) in [6.45, 7) is 4.82. The molecule has 0 aliphatic carbocycles. The highest BCUT2D eigenvalue weighted by molar-refractivity contribution is 4.94. The van der Waals surface area contributed by atoms with Crippen molar-refractivity contribution < 1.29 is 20.4 Å². The third kappa shape index (κ3) is 2.89. The van der Waals surface area contributed by atoms with Crippen molar-refractivity contribution >= 4 is 0 Å². The van der Waals surface area contributed by atoms with E-state index in [1.54, 1.807) is 0 Å². The van der Waals surface area contributed by atoms with Gasteiger partial charge in [-0.05, 0) is 5.92 Å². The average Bonchev–Trinajstić information content (AvgIpc) is 2.14. The minimum Gasteiger partial charge on any atom is -0.395 e. The highest BCUT2D eigenvalue weighted by atomic mass is 16.4. The van der Waals surface area contributed by atoms with Gasteiger partial charge in [-0.2, -0.15) is 0 Å². The first kappa shape index (κ1) is 12.9. The van der Waals surface area contributed by atoms with E-state index in [1.165, 1.54) is 0 Å². The number of hydrogen-bond acceptors (Lipinski definition) is 5. The van der Waals surface area contributed by atoms with Gasteiger partial charge in [-0.3, -0.25) is 4.90 Å². The molecule has 1 aliphatic rings. The Labute approximate surface area is 90.0 Å². The van der Waals surface area contributed by atoms with Gasteiger partial charge in [0.1, 0.15) is 12.2 Å². The molecule has 0 aromatic rings. The van der Waals surface area contributed by atoms with Crippen molar-refractivity contribution in [1.29, 1.82) is 0 Å². The Bertz CT molecular complexity index is 200. The Morgan fingerprint density at radius 2 is 1.80 bits per heavy atom. The summed E-state index contributed by atoms with van der Waals surface area (Å²) in [5.74, 6) is 0.383. The Hall–Kier alpha value is -0.200. The van der Waals surface area contributed by atoms with Gasteiger partial charge >= 0.3 is 0 Å². The second-order valence-corrected chi connectivity index (χ2v) is 4.65. The summed E-state index contributed by atoms with van der Waals surface area (Å²) in [5.41, 5.74) is 0. The molecule has 90 valence electrons. The van der Waals surface area contributed by atoms with Crippen LogP contribution in [0.5, 0.6) is 0 Å². The normalized spacial score (nSPS) is 38.6. The largest absolute Gasteiger partial charge is 0.395 e. The minimum atomic E-state index is -1.16. The smallest absolute Gasteiger partial charge is 0.109 e. The summed E-state index contributed by atoms with van der Waals surface area (Å²) in [6, 6.07) is -0.481. The molecule has 1 rings (SSSR count). The molecule has 1 heterocycles. The molecule has 0 spiro atoms. The highest BCUT2D eigenvalue weighted by Gasteiger charge is 2.40. The van der Waals surface area contributed by atoms with Crippen LogP contribution in [0.15, 0.2) is 0 Å². The second-order valence-electron chi connectivity index (χ2n) is 4.65. The van der Waals surface area contributed by atoms with Crippen LogP contribution in [0, 0.1) is 5.92 Å². The maximum Gasteiger partial charge on any atom is 0.109 e. The predicted molar refractivity (Wildman–Crippen MR) is 55.3 cm³/mol. The van der Waals surface area contributed by atoms with Crippen molar-refractivity contribution in [2.75, 3.05) is 19.7 Å². The van der Waals surface area contributed by atoms with Crippen molar-refractivity contribution in [1.82, 2.24) is 4.90 Å². The van der Waals surface area contributed by atoms with E-state index in [2.05, 4.69) is 0 Å². The van der Waals surface area contributed by atoms with Crippen LogP contribution < -0.4 is 0 Å². The molecule has 0 bridgehead atoms. The van der Waals surface area contributed by atoms with Crippen molar-refractivity contribution in [3.63, 3.8) is 0 Å². The molecule has 15 heavy (non-hydrogen) atoms. The van der Waals surface area contributed by atoms with E-state index in [0.717, 1.165) is 0 Å². The monoisotopic (exact) mass is 219 g/mol. The topological polar surface area (TPSA) is 84.2 Å². The quantitative estimate of drug-likeness (QED) is 0.459. The van der Waals surface area contributed by atoms with Gasteiger partial charge in [-0.1, -0.05) is 13.8 Å². The maximum atomic E-state index is 9.68. The van der Waals surface area contributed by atoms with E-state index < -0.39 is 24.4 Å². The number of aliphatic hydroxyl groups is 4. The van der Waals surface area contributed by atoms with Crippen LogP contribution in [0.25, 0.3) is 0 Å². The molecule has 4 unspecified atom stereocenters. The van der Waals surface area contributed by atoms with Gasteiger partial charge in [0.05, 0.1) is 18.8 Å².